The van der Waals surface area contributed by atoms with Crippen molar-refractivity contribution in [3.8, 4) is 0 Å². The van der Waals surface area contributed by atoms with E-state index in [-0.39, 0.29) is 0 Å². The van der Waals surface area contributed by atoms with Gasteiger partial charge in [0.25, 0.3) is 0 Å². The summed E-state index contributed by atoms with van der Waals surface area (Å²) in [4.78, 5) is 2.47. The van der Waals surface area contributed by atoms with E-state index in [1.165, 1.54) is 25.8 Å². The lowest BCUT2D eigenvalue weighted by Crippen LogP contribution is -2.40. The predicted molar refractivity (Wildman–Crippen MR) is 62.2 cm³/mol. The summed E-state index contributed by atoms with van der Waals surface area (Å²) in [7, 11) is 2.23. The minimum atomic E-state index is 0.455. The van der Waals surface area contributed by atoms with Crippen molar-refractivity contribution in [2.45, 2.75) is 52.1 Å². The molecule has 0 spiro atoms. The van der Waals surface area contributed by atoms with Crippen LogP contribution in [-0.2, 0) is 0 Å². The SMILES string of the molecule is CC(C)C(C)N(C)CC1CCCC1N. The van der Waals surface area contributed by atoms with Crippen LogP contribution in [-0.4, -0.2) is 30.6 Å². The molecule has 2 nitrogen and oxygen atoms in total. The molecule has 84 valence electrons. The van der Waals surface area contributed by atoms with Crippen LogP contribution in [0.3, 0.4) is 0 Å². The van der Waals surface area contributed by atoms with Gasteiger partial charge in [0.05, 0.1) is 0 Å². The molecule has 3 unspecified atom stereocenters. The maximum Gasteiger partial charge on any atom is 0.00870 e. The molecule has 0 aromatic heterocycles. The van der Waals surface area contributed by atoms with E-state index < -0.39 is 0 Å². The second-order valence-electron chi connectivity index (χ2n) is 5.28. The normalized spacial score (nSPS) is 30.2. The van der Waals surface area contributed by atoms with Gasteiger partial charge in [0, 0.05) is 18.6 Å². The molecule has 1 aliphatic carbocycles. The van der Waals surface area contributed by atoms with Gasteiger partial charge in [0.1, 0.15) is 0 Å². The summed E-state index contributed by atoms with van der Waals surface area (Å²) in [6.45, 7) is 8.07. The van der Waals surface area contributed by atoms with Crippen molar-refractivity contribution in [1.29, 1.82) is 0 Å². The third kappa shape index (κ3) is 2.96. The van der Waals surface area contributed by atoms with Crippen molar-refractivity contribution < 1.29 is 0 Å². The average Bonchev–Trinajstić information content (AvgIpc) is 2.50. The first-order valence-corrected chi connectivity index (χ1v) is 5.98. The molecule has 0 aliphatic heterocycles. The van der Waals surface area contributed by atoms with Gasteiger partial charge in [0.15, 0.2) is 0 Å². The van der Waals surface area contributed by atoms with Crippen LogP contribution in [0.25, 0.3) is 0 Å². The van der Waals surface area contributed by atoms with Gasteiger partial charge in [-0.15, -0.1) is 0 Å². The Labute approximate surface area is 88.8 Å². The Hall–Kier alpha value is -0.0800. The van der Waals surface area contributed by atoms with Gasteiger partial charge >= 0.3 is 0 Å². The van der Waals surface area contributed by atoms with E-state index in [4.69, 9.17) is 5.73 Å². The molecule has 0 bridgehead atoms. The molecule has 1 rings (SSSR count). The van der Waals surface area contributed by atoms with E-state index in [1.54, 1.807) is 0 Å². The zero-order chi connectivity index (χ0) is 10.7. The third-order valence-corrected chi connectivity index (χ3v) is 3.90. The zero-order valence-electron chi connectivity index (χ0n) is 10.2. The molecule has 0 aromatic rings. The van der Waals surface area contributed by atoms with Crippen LogP contribution in [0.1, 0.15) is 40.0 Å². The van der Waals surface area contributed by atoms with E-state index in [0.29, 0.717) is 12.1 Å². The van der Waals surface area contributed by atoms with Crippen molar-refractivity contribution in [2.75, 3.05) is 13.6 Å². The summed E-state index contributed by atoms with van der Waals surface area (Å²) in [6, 6.07) is 1.12. The first-order chi connectivity index (χ1) is 6.52. The summed E-state index contributed by atoms with van der Waals surface area (Å²) in [6.07, 6.45) is 3.89. The number of nitrogens with zero attached hydrogens (tertiary/aromatic N) is 1. The molecule has 3 atom stereocenters. The molecule has 2 N–H and O–H groups in total. The molecular weight excluding hydrogens is 172 g/mol. The molecule has 0 heterocycles. The molecule has 0 saturated heterocycles. The first kappa shape index (κ1) is 12.0. The fourth-order valence-corrected chi connectivity index (χ4v) is 2.34. The van der Waals surface area contributed by atoms with Crippen molar-refractivity contribution in [3.05, 3.63) is 0 Å². The Morgan fingerprint density at radius 1 is 1.29 bits per heavy atom. The quantitative estimate of drug-likeness (QED) is 0.749. The Morgan fingerprint density at radius 2 is 1.93 bits per heavy atom. The molecule has 1 fully saturated rings. The van der Waals surface area contributed by atoms with E-state index in [0.717, 1.165) is 11.8 Å². The number of hydrogen-bond acceptors (Lipinski definition) is 2. The minimum absolute atomic E-state index is 0.455. The Morgan fingerprint density at radius 3 is 2.36 bits per heavy atom. The van der Waals surface area contributed by atoms with Crippen molar-refractivity contribution in [1.82, 2.24) is 4.90 Å². The topological polar surface area (TPSA) is 29.3 Å². The van der Waals surface area contributed by atoms with Crippen molar-refractivity contribution in [3.63, 3.8) is 0 Å². The van der Waals surface area contributed by atoms with E-state index in [1.807, 2.05) is 0 Å². The molecule has 0 radical (unpaired) electrons. The Kier molecular flexibility index (Phi) is 4.39. The van der Waals surface area contributed by atoms with Crippen LogP contribution < -0.4 is 5.73 Å². The summed E-state index contributed by atoms with van der Waals surface area (Å²) >= 11 is 0. The molecule has 1 aliphatic rings. The fourth-order valence-electron chi connectivity index (χ4n) is 2.34. The lowest BCUT2D eigenvalue weighted by atomic mass is 10.00. The van der Waals surface area contributed by atoms with Crippen LogP contribution in [0.2, 0.25) is 0 Å². The van der Waals surface area contributed by atoms with Gasteiger partial charge in [0.2, 0.25) is 0 Å². The van der Waals surface area contributed by atoms with Crippen molar-refractivity contribution in [2.24, 2.45) is 17.6 Å². The highest BCUT2D eigenvalue weighted by Gasteiger charge is 2.26. The molecule has 0 amide bonds. The molecule has 14 heavy (non-hydrogen) atoms. The molecule has 2 heteroatoms. The smallest absolute Gasteiger partial charge is 0.00870 e. The number of rotatable bonds is 4. The average molecular weight is 198 g/mol. The number of nitrogens with two attached hydrogens (primary N) is 1. The van der Waals surface area contributed by atoms with Gasteiger partial charge in [-0.25, -0.2) is 0 Å². The lowest BCUT2D eigenvalue weighted by Gasteiger charge is -2.31. The second-order valence-corrected chi connectivity index (χ2v) is 5.28. The summed E-state index contributed by atoms with van der Waals surface area (Å²) in [5, 5.41) is 0. The standard InChI is InChI=1S/C12H26N2/c1-9(2)10(3)14(4)8-11-6-5-7-12(11)13/h9-12H,5-8,13H2,1-4H3. The number of hydrogen-bond donors (Lipinski definition) is 1. The van der Waals surface area contributed by atoms with Crippen LogP contribution in [0.15, 0.2) is 0 Å². The summed E-state index contributed by atoms with van der Waals surface area (Å²) < 4.78 is 0. The van der Waals surface area contributed by atoms with Gasteiger partial charge in [-0.1, -0.05) is 20.3 Å². The minimum Gasteiger partial charge on any atom is -0.327 e. The highest BCUT2D eigenvalue weighted by molar-refractivity contribution is 4.83. The molecule has 1 saturated carbocycles. The first-order valence-electron chi connectivity index (χ1n) is 5.98. The highest BCUT2D eigenvalue weighted by Crippen LogP contribution is 2.25. The van der Waals surface area contributed by atoms with Gasteiger partial charge in [-0.05, 0) is 38.6 Å². The summed E-state index contributed by atoms with van der Waals surface area (Å²) in [5.74, 6) is 1.47. The van der Waals surface area contributed by atoms with Crippen LogP contribution >= 0.6 is 0 Å². The fraction of sp³-hybridized carbons (Fsp3) is 1.00. The zero-order valence-corrected chi connectivity index (χ0v) is 10.2. The highest BCUT2D eigenvalue weighted by atomic mass is 15.1. The Bertz CT molecular complexity index is 168. The molecular formula is C12H26N2. The van der Waals surface area contributed by atoms with E-state index in [9.17, 15) is 0 Å². The second kappa shape index (κ2) is 5.13. The lowest BCUT2D eigenvalue weighted by molar-refractivity contribution is 0.174. The predicted octanol–water partition coefficient (Wildman–Crippen LogP) is 2.09. The largest absolute Gasteiger partial charge is 0.327 e. The van der Waals surface area contributed by atoms with E-state index in [2.05, 4.69) is 32.7 Å². The Balaban J connectivity index is 2.35. The van der Waals surface area contributed by atoms with Crippen LogP contribution in [0, 0.1) is 11.8 Å². The van der Waals surface area contributed by atoms with Gasteiger partial charge < -0.3 is 10.6 Å². The van der Waals surface area contributed by atoms with Crippen LogP contribution in [0.5, 0.6) is 0 Å². The van der Waals surface area contributed by atoms with Crippen LogP contribution in [0.4, 0.5) is 0 Å². The van der Waals surface area contributed by atoms with Gasteiger partial charge in [-0.3, -0.25) is 0 Å². The third-order valence-electron chi connectivity index (χ3n) is 3.90. The monoisotopic (exact) mass is 198 g/mol. The maximum atomic E-state index is 6.08. The summed E-state index contributed by atoms with van der Waals surface area (Å²) in [5.41, 5.74) is 6.08. The maximum absolute atomic E-state index is 6.08. The van der Waals surface area contributed by atoms with Crippen molar-refractivity contribution >= 4 is 0 Å². The van der Waals surface area contributed by atoms with Gasteiger partial charge in [-0.2, -0.15) is 0 Å². The van der Waals surface area contributed by atoms with E-state index >= 15 is 0 Å². The molecule has 0 aromatic carbocycles.